The Labute approximate surface area is 76.8 Å². The quantitative estimate of drug-likeness (QED) is 0.555. The van der Waals surface area contributed by atoms with Crippen LogP contribution in [0, 0.1) is 0 Å². The maximum absolute atomic E-state index is 10.9. The molecule has 0 radical (unpaired) electrons. The molecular formula is C4H11NO6S2. The third-order valence-electron chi connectivity index (χ3n) is 1.17. The van der Waals surface area contributed by atoms with Gasteiger partial charge in [0.15, 0.2) is 9.84 Å². The molecule has 0 aromatic heterocycles. The lowest BCUT2D eigenvalue weighted by molar-refractivity contribution is 0.283. The lowest BCUT2D eigenvalue weighted by Gasteiger charge is -2.06. The van der Waals surface area contributed by atoms with Crippen molar-refractivity contribution in [3.05, 3.63) is 0 Å². The molecule has 1 atom stereocenters. The zero-order chi connectivity index (χ0) is 10.7. The molecule has 0 amide bonds. The van der Waals surface area contributed by atoms with Crippen LogP contribution < -0.4 is 5.73 Å². The molecule has 13 heavy (non-hydrogen) atoms. The van der Waals surface area contributed by atoms with E-state index in [-0.39, 0.29) is 0 Å². The molecule has 0 aromatic rings. The lowest BCUT2D eigenvalue weighted by Crippen LogP contribution is -2.31. The van der Waals surface area contributed by atoms with E-state index in [1.807, 2.05) is 0 Å². The maximum Gasteiger partial charge on any atom is 0.397 e. The lowest BCUT2D eigenvalue weighted by atomic mass is 10.8. The van der Waals surface area contributed by atoms with Gasteiger partial charge in [0, 0.05) is 0 Å². The van der Waals surface area contributed by atoms with Crippen molar-refractivity contribution in [2.75, 3.05) is 12.4 Å². The smallest absolute Gasteiger partial charge is 0.315 e. The standard InChI is InChI=1S/C4H11NO6S2/c1-4(5)12(6,7)3-2-11-13(8,9)10/h4H,2-3,5H2,1H3,(H,8,9,10). The van der Waals surface area contributed by atoms with Crippen LogP contribution in [0.25, 0.3) is 0 Å². The number of hydrogen-bond acceptors (Lipinski definition) is 6. The van der Waals surface area contributed by atoms with E-state index in [4.69, 9.17) is 10.3 Å². The van der Waals surface area contributed by atoms with Crippen LogP contribution in [0.5, 0.6) is 0 Å². The van der Waals surface area contributed by atoms with E-state index in [1.165, 1.54) is 6.92 Å². The molecule has 0 aliphatic heterocycles. The van der Waals surface area contributed by atoms with Gasteiger partial charge >= 0.3 is 10.4 Å². The Bertz CT molecular complexity index is 341. The zero-order valence-corrected chi connectivity index (χ0v) is 8.51. The monoisotopic (exact) mass is 233 g/mol. The van der Waals surface area contributed by atoms with Crippen molar-refractivity contribution in [2.45, 2.75) is 12.3 Å². The highest BCUT2D eigenvalue weighted by molar-refractivity contribution is 7.92. The van der Waals surface area contributed by atoms with Crippen LogP contribution in [0.3, 0.4) is 0 Å². The van der Waals surface area contributed by atoms with Crippen molar-refractivity contribution in [1.82, 2.24) is 0 Å². The van der Waals surface area contributed by atoms with Gasteiger partial charge in [0.05, 0.1) is 12.4 Å². The summed E-state index contributed by atoms with van der Waals surface area (Å²) in [6.45, 7) is 0.617. The molecular weight excluding hydrogens is 222 g/mol. The highest BCUT2D eigenvalue weighted by atomic mass is 32.3. The van der Waals surface area contributed by atoms with Crippen molar-refractivity contribution in [2.24, 2.45) is 5.73 Å². The fraction of sp³-hybridized carbons (Fsp3) is 1.00. The number of hydrogen-bond donors (Lipinski definition) is 2. The maximum atomic E-state index is 10.9. The first-order valence-electron chi connectivity index (χ1n) is 3.24. The molecule has 0 saturated heterocycles. The van der Waals surface area contributed by atoms with Crippen LogP contribution in [0.15, 0.2) is 0 Å². The summed E-state index contributed by atoms with van der Waals surface area (Å²) >= 11 is 0. The van der Waals surface area contributed by atoms with Gasteiger partial charge in [-0.1, -0.05) is 0 Å². The van der Waals surface area contributed by atoms with Crippen LogP contribution in [0.4, 0.5) is 0 Å². The summed E-state index contributed by atoms with van der Waals surface area (Å²) in [6, 6.07) is 0. The molecule has 0 fully saturated rings. The van der Waals surface area contributed by atoms with Crippen LogP contribution >= 0.6 is 0 Å². The predicted molar refractivity (Wildman–Crippen MR) is 44.9 cm³/mol. The molecule has 0 aromatic carbocycles. The molecule has 0 bridgehead atoms. The minimum Gasteiger partial charge on any atom is -0.315 e. The molecule has 80 valence electrons. The highest BCUT2D eigenvalue weighted by Gasteiger charge is 2.17. The summed E-state index contributed by atoms with van der Waals surface area (Å²) in [5, 5.41) is -1.09. The molecule has 7 nitrogen and oxygen atoms in total. The molecule has 0 spiro atoms. The molecule has 1 unspecified atom stereocenters. The van der Waals surface area contributed by atoms with Crippen molar-refractivity contribution < 1.29 is 25.6 Å². The van der Waals surface area contributed by atoms with E-state index >= 15 is 0 Å². The van der Waals surface area contributed by atoms with Crippen molar-refractivity contribution in [3.8, 4) is 0 Å². The first-order chi connectivity index (χ1) is 5.65. The zero-order valence-electron chi connectivity index (χ0n) is 6.87. The van der Waals surface area contributed by atoms with Gasteiger partial charge in [0.25, 0.3) is 0 Å². The summed E-state index contributed by atoms with van der Waals surface area (Å²) in [5.41, 5.74) is 5.06. The van der Waals surface area contributed by atoms with Crippen molar-refractivity contribution in [3.63, 3.8) is 0 Å². The fourth-order valence-electron chi connectivity index (χ4n) is 0.441. The molecule has 0 rings (SSSR count). The second-order valence-electron chi connectivity index (χ2n) is 2.32. The predicted octanol–water partition coefficient (Wildman–Crippen LogP) is -1.47. The average molecular weight is 233 g/mol. The fourth-order valence-corrected chi connectivity index (χ4v) is 1.53. The van der Waals surface area contributed by atoms with Gasteiger partial charge in [-0.15, -0.1) is 0 Å². The molecule has 0 heterocycles. The van der Waals surface area contributed by atoms with E-state index in [9.17, 15) is 16.8 Å². The van der Waals surface area contributed by atoms with E-state index in [2.05, 4.69) is 4.18 Å². The topological polar surface area (TPSA) is 124 Å². The van der Waals surface area contributed by atoms with Gasteiger partial charge in [-0.05, 0) is 6.92 Å². The second kappa shape index (κ2) is 4.33. The van der Waals surface area contributed by atoms with Crippen LogP contribution in [0.1, 0.15) is 6.92 Å². The van der Waals surface area contributed by atoms with Gasteiger partial charge < -0.3 is 5.73 Å². The Balaban J connectivity index is 4.07. The average Bonchev–Trinajstić information content (AvgIpc) is 1.82. The van der Waals surface area contributed by atoms with Gasteiger partial charge in [-0.2, -0.15) is 8.42 Å². The number of sulfone groups is 1. The Morgan fingerprint density at radius 3 is 2.15 bits per heavy atom. The largest absolute Gasteiger partial charge is 0.397 e. The Morgan fingerprint density at radius 2 is 1.85 bits per heavy atom. The molecule has 0 saturated carbocycles. The van der Waals surface area contributed by atoms with Crippen molar-refractivity contribution >= 4 is 20.2 Å². The SMILES string of the molecule is CC(N)S(=O)(=O)CCOS(=O)(=O)O. The molecule has 0 aliphatic rings. The first kappa shape index (κ1) is 12.8. The highest BCUT2D eigenvalue weighted by Crippen LogP contribution is 1.96. The first-order valence-corrected chi connectivity index (χ1v) is 6.32. The van der Waals surface area contributed by atoms with Gasteiger partial charge in [-0.3, -0.25) is 4.55 Å². The van der Waals surface area contributed by atoms with Crippen molar-refractivity contribution in [1.29, 1.82) is 0 Å². The summed E-state index contributed by atoms with van der Waals surface area (Å²) < 4.78 is 53.7. The molecule has 3 N–H and O–H groups in total. The van der Waals surface area contributed by atoms with E-state index in [0.29, 0.717) is 0 Å². The summed E-state index contributed by atoms with van der Waals surface area (Å²) in [6.07, 6.45) is 0. The van der Waals surface area contributed by atoms with E-state index < -0.39 is 38.0 Å². The number of nitrogens with two attached hydrogens (primary N) is 1. The van der Waals surface area contributed by atoms with Gasteiger partial charge in [0.1, 0.15) is 5.37 Å². The van der Waals surface area contributed by atoms with E-state index in [0.717, 1.165) is 0 Å². The Hall–Kier alpha value is -0.220. The van der Waals surface area contributed by atoms with Gasteiger partial charge in [0.2, 0.25) is 0 Å². The molecule has 0 aliphatic carbocycles. The third kappa shape index (κ3) is 5.93. The summed E-state index contributed by atoms with van der Waals surface area (Å²) in [7, 11) is -8.12. The molecule has 9 heteroatoms. The van der Waals surface area contributed by atoms with Crippen LogP contribution in [0.2, 0.25) is 0 Å². The Kier molecular flexibility index (Phi) is 4.26. The normalized spacial score (nSPS) is 15.6. The number of rotatable bonds is 5. The van der Waals surface area contributed by atoms with Crippen LogP contribution in [-0.2, 0) is 24.4 Å². The summed E-state index contributed by atoms with van der Waals surface area (Å²) in [4.78, 5) is 0. The van der Waals surface area contributed by atoms with Gasteiger partial charge in [-0.25, -0.2) is 12.6 Å². The minimum atomic E-state index is -4.58. The third-order valence-corrected chi connectivity index (χ3v) is 3.50. The summed E-state index contributed by atoms with van der Waals surface area (Å²) in [5.74, 6) is -0.551. The van der Waals surface area contributed by atoms with Crippen LogP contribution in [-0.4, -0.2) is 39.1 Å². The Morgan fingerprint density at radius 1 is 1.38 bits per heavy atom. The minimum absolute atomic E-state index is 0.551. The second-order valence-corrected chi connectivity index (χ2v) is 5.89. The van der Waals surface area contributed by atoms with E-state index in [1.54, 1.807) is 0 Å².